The maximum atomic E-state index is 14.5. The number of benzene rings is 2. The summed E-state index contributed by atoms with van der Waals surface area (Å²) in [7, 11) is 0. The Kier molecular flexibility index (Phi) is 7.19. The zero-order valence-corrected chi connectivity index (χ0v) is 18.0. The van der Waals surface area contributed by atoms with E-state index in [0.717, 1.165) is 16.5 Å². The number of aromatic nitrogens is 1. The molecule has 2 N–H and O–H groups in total. The van der Waals surface area contributed by atoms with Crippen LogP contribution in [0.25, 0.3) is 10.9 Å². The molecule has 2 aromatic carbocycles. The summed E-state index contributed by atoms with van der Waals surface area (Å²) in [6.07, 6.45) is -3.53. The molecule has 1 atom stereocenters. The smallest absolute Gasteiger partial charge is 0.401 e. The van der Waals surface area contributed by atoms with Crippen molar-refractivity contribution >= 4 is 10.9 Å². The SMILES string of the molecule is FCCCNCCOc1cc(F)cc(C2c3[nH]c4ccccc4c3CCN2CC(F)(F)F)c1. The first-order chi connectivity index (χ1) is 15.9. The first-order valence-corrected chi connectivity index (χ1v) is 11.0. The largest absolute Gasteiger partial charge is 0.492 e. The number of aromatic amines is 1. The third-order valence-corrected chi connectivity index (χ3v) is 5.76. The number of hydrogen-bond donors (Lipinski definition) is 2. The van der Waals surface area contributed by atoms with Crippen molar-refractivity contribution in [1.82, 2.24) is 15.2 Å². The number of H-pyrrole nitrogens is 1. The number of fused-ring (bicyclic) bond motifs is 3. The standard InChI is InChI=1S/C24H26F5N3O/c25-7-3-8-30-9-11-33-18-13-16(12-17(26)14-18)23-22-20(6-10-32(23)15-24(27,28)29)19-4-1-2-5-21(19)31-22/h1-2,4-5,12-14,23,30-31H,3,6-11,15H2. The van der Waals surface area contributed by atoms with E-state index in [1.807, 2.05) is 24.3 Å². The van der Waals surface area contributed by atoms with Crippen molar-refractivity contribution in [2.75, 3.05) is 39.5 Å². The van der Waals surface area contributed by atoms with E-state index in [1.165, 1.54) is 17.0 Å². The number of para-hydroxylation sites is 1. The van der Waals surface area contributed by atoms with Crippen LogP contribution >= 0.6 is 0 Å². The van der Waals surface area contributed by atoms with Gasteiger partial charge in [-0.3, -0.25) is 9.29 Å². The van der Waals surface area contributed by atoms with Gasteiger partial charge in [0.2, 0.25) is 0 Å². The predicted molar refractivity (Wildman–Crippen MR) is 117 cm³/mol. The van der Waals surface area contributed by atoms with Crippen molar-refractivity contribution in [1.29, 1.82) is 0 Å². The second kappa shape index (κ2) is 10.1. The van der Waals surface area contributed by atoms with Crippen molar-refractivity contribution in [2.24, 2.45) is 0 Å². The fourth-order valence-corrected chi connectivity index (χ4v) is 4.45. The highest BCUT2D eigenvalue weighted by molar-refractivity contribution is 5.85. The zero-order chi connectivity index (χ0) is 23.4. The van der Waals surface area contributed by atoms with Gasteiger partial charge in [-0.2, -0.15) is 13.2 Å². The quantitative estimate of drug-likeness (QED) is 0.338. The Bertz CT molecular complexity index is 1080. The van der Waals surface area contributed by atoms with E-state index in [1.54, 1.807) is 6.07 Å². The summed E-state index contributed by atoms with van der Waals surface area (Å²) < 4.78 is 72.4. The number of halogens is 5. The fourth-order valence-electron chi connectivity index (χ4n) is 4.45. The Morgan fingerprint density at radius 2 is 1.94 bits per heavy atom. The molecule has 3 aromatic rings. The minimum atomic E-state index is -4.39. The molecule has 4 nitrogen and oxygen atoms in total. The zero-order valence-electron chi connectivity index (χ0n) is 18.0. The van der Waals surface area contributed by atoms with Crippen LogP contribution in [0.4, 0.5) is 22.0 Å². The maximum Gasteiger partial charge on any atom is 0.401 e. The van der Waals surface area contributed by atoms with Crippen LogP contribution < -0.4 is 10.1 Å². The second-order valence-electron chi connectivity index (χ2n) is 8.16. The lowest BCUT2D eigenvalue weighted by atomic mass is 9.92. The molecule has 1 aliphatic heterocycles. The molecule has 0 amide bonds. The molecule has 1 unspecified atom stereocenters. The van der Waals surface area contributed by atoms with Crippen LogP contribution in [0.5, 0.6) is 5.75 Å². The molecule has 0 bridgehead atoms. The average molecular weight is 467 g/mol. The highest BCUT2D eigenvalue weighted by atomic mass is 19.4. The number of nitrogens with zero attached hydrogens (tertiary/aromatic N) is 1. The first kappa shape index (κ1) is 23.5. The molecule has 1 aliphatic rings. The number of rotatable bonds is 9. The molecule has 0 spiro atoms. The van der Waals surface area contributed by atoms with E-state index >= 15 is 0 Å². The van der Waals surface area contributed by atoms with Gasteiger partial charge >= 0.3 is 6.18 Å². The Hall–Kier alpha value is -2.65. The summed E-state index contributed by atoms with van der Waals surface area (Å²) >= 11 is 0. The molecular formula is C24H26F5N3O. The van der Waals surface area contributed by atoms with Crippen LogP contribution in [-0.2, 0) is 6.42 Å². The third kappa shape index (κ3) is 5.65. The number of alkyl halides is 4. The molecular weight excluding hydrogens is 441 g/mol. The lowest BCUT2D eigenvalue weighted by molar-refractivity contribution is -0.150. The molecule has 4 rings (SSSR count). The molecule has 0 saturated heterocycles. The normalized spacial score (nSPS) is 16.8. The summed E-state index contributed by atoms with van der Waals surface area (Å²) in [5.74, 6) is -0.337. The van der Waals surface area contributed by atoms with E-state index in [0.29, 0.717) is 37.2 Å². The molecule has 0 radical (unpaired) electrons. The van der Waals surface area contributed by atoms with Crippen LogP contribution in [0.2, 0.25) is 0 Å². The minimum absolute atomic E-state index is 0.199. The van der Waals surface area contributed by atoms with Gasteiger partial charge in [-0.1, -0.05) is 18.2 Å². The molecule has 178 valence electrons. The Labute approximate surface area is 188 Å². The van der Waals surface area contributed by atoms with Crippen LogP contribution in [0.1, 0.15) is 29.3 Å². The van der Waals surface area contributed by atoms with Crippen LogP contribution in [0, 0.1) is 5.82 Å². The Morgan fingerprint density at radius 1 is 1.12 bits per heavy atom. The summed E-state index contributed by atoms with van der Waals surface area (Å²) in [6.45, 7) is -0.133. The van der Waals surface area contributed by atoms with E-state index < -0.39 is 31.3 Å². The van der Waals surface area contributed by atoms with Crippen molar-refractivity contribution in [3.05, 3.63) is 65.1 Å². The number of hydrogen-bond acceptors (Lipinski definition) is 3. The van der Waals surface area contributed by atoms with Gasteiger partial charge in [0.1, 0.15) is 18.2 Å². The molecule has 1 aromatic heterocycles. The highest BCUT2D eigenvalue weighted by Gasteiger charge is 2.39. The van der Waals surface area contributed by atoms with Gasteiger partial charge in [-0.15, -0.1) is 0 Å². The molecule has 0 aliphatic carbocycles. The van der Waals surface area contributed by atoms with Gasteiger partial charge in [-0.05, 0) is 48.7 Å². The molecule has 0 fully saturated rings. The molecule has 0 saturated carbocycles. The van der Waals surface area contributed by atoms with E-state index in [4.69, 9.17) is 4.74 Å². The first-order valence-electron chi connectivity index (χ1n) is 11.0. The molecule has 33 heavy (non-hydrogen) atoms. The average Bonchev–Trinajstić information content (AvgIpc) is 3.13. The van der Waals surface area contributed by atoms with Gasteiger partial charge < -0.3 is 15.0 Å². The maximum absolute atomic E-state index is 14.5. The van der Waals surface area contributed by atoms with Crippen LogP contribution in [0.3, 0.4) is 0 Å². The summed E-state index contributed by atoms with van der Waals surface area (Å²) in [4.78, 5) is 4.61. The monoisotopic (exact) mass is 467 g/mol. The predicted octanol–water partition coefficient (Wildman–Crippen LogP) is 5.14. The molecule has 2 heterocycles. The highest BCUT2D eigenvalue weighted by Crippen LogP contribution is 2.40. The summed E-state index contributed by atoms with van der Waals surface area (Å²) in [5.41, 5.74) is 2.84. The summed E-state index contributed by atoms with van der Waals surface area (Å²) in [6, 6.07) is 10.9. The Morgan fingerprint density at radius 3 is 2.73 bits per heavy atom. The Balaban J connectivity index is 1.64. The topological polar surface area (TPSA) is 40.3 Å². The third-order valence-electron chi connectivity index (χ3n) is 5.76. The number of nitrogens with one attached hydrogen (secondary N) is 2. The van der Waals surface area contributed by atoms with Crippen molar-refractivity contribution in [2.45, 2.75) is 25.1 Å². The van der Waals surface area contributed by atoms with Crippen molar-refractivity contribution in [3.8, 4) is 5.75 Å². The van der Waals surface area contributed by atoms with E-state index in [-0.39, 0.29) is 18.9 Å². The van der Waals surface area contributed by atoms with E-state index in [2.05, 4.69) is 10.3 Å². The van der Waals surface area contributed by atoms with Gasteiger partial charge in [0, 0.05) is 35.8 Å². The van der Waals surface area contributed by atoms with Crippen molar-refractivity contribution < 1.29 is 26.7 Å². The van der Waals surface area contributed by atoms with Gasteiger partial charge in [0.15, 0.2) is 0 Å². The second-order valence-corrected chi connectivity index (χ2v) is 8.16. The number of ether oxygens (including phenoxy) is 1. The van der Waals surface area contributed by atoms with Gasteiger partial charge in [-0.25, -0.2) is 4.39 Å². The van der Waals surface area contributed by atoms with Crippen LogP contribution in [-0.4, -0.2) is 55.5 Å². The van der Waals surface area contributed by atoms with Gasteiger partial charge in [0.05, 0.1) is 19.3 Å². The lowest BCUT2D eigenvalue weighted by Crippen LogP contribution is -2.42. The van der Waals surface area contributed by atoms with Gasteiger partial charge in [0.25, 0.3) is 0 Å². The summed E-state index contributed by atoms with van der Waals surface area (Å²) in [5, 5.41) is 3.98. The molecule has 9 heteroatoms. The van der Waals surface area contributed by atoms with Crippen LogP contribution in [0.15, 0.2) is 42.5 Å². The lowest BCUT2D eigenvalue weighted by Gasteiger charge is -2.36. The van der Waals surface area contributed by atoms with E-state index in [9.17, 15) is 22.0 Å². The minimum Gasteiger partial charge on any atom is -0.492 e. The fraction of sp³-hybridized carbons (Fsp3) is 0.417. The van der Waals surface area contributed by atoms with Crippen molar-refractivity contribution in [3.63, 3.8) is 0 Å².